The van der Waals surface area contributed by atoms with E-state index in [1.165, 1.54) is 0 Å². The van der Waals surface area contributed by atoms with Gasteiger partial charge in [-0.05, 0) is 53.4 Å². The molecule has 1 aliphatic rings. The van der Waals surface area contributed by atoms with E-state index in [0.717, 1.165) is 26.7 Å². The molecule has 5 heteroatoms. The monoisotopic (exact) mass is 428 g/mol. The van der Waals surface area contributed by atoms with Gasteiger partial charge in [0.15, 0.2) is 0 Å². The SMILES string of the molecule is C[C@@H](OS(=O)(=O)c1ccc(Br)cc1)C1c2ccccc2-c2ccccc21. The maximum absolute atomic E-state index is 12.7. The van der Waals surface area contributed by atoms with Gasteiger partial charge in [-0.1, -0.05) is 64.5 Å². The van der Waals surface area contributed by atoms with E-state index in [-0.39, 0.29) is 10.8 Å². The second-order valence-electron chi connectivity index (χ2n) is 6.36. The highest BCUT2D eigenvalue weighted by Gasteiger charge is 2.35. The maximum Gasteiger partial charge on any atom is 0.297 e. The van der Waals surface area contributed by atoms with Crippen LogP contribution in [0.4, 0.5) is 0 Å². The summed E-state index contributed by atoms with van der Waals surface area (Å²) in [6, 6.07) is 22.7. The highest BCUT2D eigenvalue weighted by Crippen LogP contribution is 2.47. The molecule has 3 nitrogen and oxygen atoms in total. The van der Waals surface area contributed by atoms with Crippen molar-refractivity contribution in [2.75, 3.05) is 0 Å². The summed E-state index contributed by atoms with van der Waals surface area (Å²) in [4.78, 5) is 0.159. The second-order valence-corrected chi connectivity index (χ2v) is 8.85. The van der Waals surface area contributed by atoms with Crippen molar-refractivity contribution in [2.24, 2.45) is 0 Å². The first kappa shape index (κ1) is 17.5. The van der Waals surface area contributed by atoms with Crippen LogP contribution < -0.4 is 0 Å². The molecule has 0 N–H and O–H groups in total. The van der Waals surface area contributed by atoms with E-state index in [4.69, 9.17) is 4.18 Å². The van der Waals surface area contributed by atoms with Crippen molar-refractivity contribution in [1.29, 1.82) is 0 Å². The third kappa shape index (κ3) is 3.00. The maximum atomic E-state index is 12.7. The number of rotatable bonds is 4. The van der Waals surface area contributed by atoms with Gasteiger partial charge < -0.3 is 0 Å². The Balaban J connectivity index is 1.70. The van der Waals surface area contributed by atoms with Crippen molar-refractivity contribution in [2.45, 2.75) is 23.8 Å². The molecule has 132 valence electrons. The second kappa shape index (κ2) is 6.65. The summed E-state index contributed by atoms with van der Waals surface area (Å²) in [6.07, 6.45) is -0.520. The first-order chi connectivity index (χ1) is 12.5. The molecule has 0 aromatic heterocycles. The molecule has 0 heterocycles. The molecule has 0 spiro atoms. The summed E-state index contributed by atoms with van der Waals surface area (Å²) < 4.78 is 31.8. The topological polar surface area (TPSA) is 43.4 Å². The summed E-state index contributed by atoms with van der Waals surface area (Å²) in [5, 5.41) is 0. The zero-order valence-electron chi connectivity index (χ0n) is 14.1. The quantitative estimate of drug-likeness (QED) is 0.525. The van der Waals surface area contributed by atoms with Crippen LogP contribution in [-0.4, -0.2) is 14.5 Å². The summed E-state index contributed by atoms with van der Waals surface area (Å²) in [5.74, 6) is -0.118. The molecule has 0 amide bonds. The Labute approximate surface area is 161 Å². The van der Waals surface area contributed by atoms with Crippen LogP contribution in [0.1, 0.15) is 24.0 Å². The lowest BCUT2D eigenvalue weighted by atomic mass is 9.92. The molecule has 0 radical (unpaired) electrons. The first-order valence-corrected chi connectivity index (χ1v) is 10.5. The summed E-state index contributed by atoms with van der Waals surface area (Å²) in [7, 11) is -3.84. The van der Waals surface area contributed by atoms with Gasteiger partial charge in [0.05, 0.1) is 11.0 Å². The van der Waals surface area contributed by atoms with E-state index < -0.39 is 16.2 Å². The molecule has 3 aromatic rings. The van der Waals surface area contributed by atoms with E-state index in [2.05, 4.69) is 28.1 Å². The molecule has 0 bridgehead atoms. The van der Waals surface area contributed by atoms with Crippen molar-refractivity contribution in [3.05, 3.63) is 88.4 Å². The predicted molar refractivity (Wildman–Crippen MR) is 106 cm³/mol. The fraction of sp³-hybridized carbons (Fsp3) is 0.143. The smallest absolute Gasteiger partial charge is 0.262 e. The minimum Gasteiger partial charge on any atom is -0.262 e. The zero-order chi connectivity index (χ0) is 18.3. The molecule has 0 fully saturated rings. The van der Waals surface area contributed by atoms with Crippen LogP contribution in [0.15, 0.2) is 82.2 Å². The first-order valence-electron chi connectivity index (χ1n) is 8.34. The van der Waals surface area contributed by atoms with Crippen LogP contribution in [0.3, 0.4) is 0 Å². The van der Waals surface area contributed by atoms with Crippen molar-refractivity contribution in [1.82, 2.24) is 0 Å². The van der Waals surface area contributed by atoms with Gasteiger partial charge in [-0.15, -0.1) is 0 Å². The Morgan fingerprint density at radius 2 is 1.35 bits per heavy atom. The summed E-state index contributed by atoms with van der Waals surface area (Å²) in [6.45, 7) is 1.82. The van der Waals surface area contributed by atoms with Gasteiger partial charge in [0.25, 0.3) is 10.1 Å². The highest BCUT2D eigenvalue weighted by molar-refractivity contribution is 9.10. The number of hydrogen-bond donors (Lipinski definition) is 0. The van der Waals surface area contributed by atoms with E-state index in [1.807, 2.05) is 43.3 Å². The normalized spacial score (nSPS) is 14.7. The lowest BCUT2D eigenvalue weighted by Crippen LogP contribution is -2.22. The van der Waals surface area contributed by atoms with Gasteiger partial charge in [0.2, 0.25) is 0 Å². The number of benzene rings is 3. The molecule has 4 rings (SSSR count). The lowest BCUT2D eigenvalue weighted by molar-refractivity contribution is 0.212. The van der Waals surface area contributed by atoms with E-state index in [9.17, 15) is 8.42 Å². The van der Waals surface area contributed by atoms with Gasteiger partial charge in [0, 0.05) is 10.4 Å². The molecule has 3 aromatic carbocycles. The predicted octanol–water partition coefficient (Wildman–Crippen LogP) is 5.36. The molecule has 1 atom stereocenters. The number of hydrogen-bond acceptors (Lipinski definition) is 3. The van der Waals surface area contributed by atoms with Crippen molar-refractivity contribution in [3.8, 4) is 11.1 Å². The van der Waals surface area contributed by atoms with Crippen molar-refractivity contribution >= 4 is 26.0 Å². The van der Waals surface area contributed by atoms with Gasteiger partial charge in [0.1, 0.15) is 0 Å². The largest absolute Gasteiger partial charge is 0.297 e. The Bertz CT molecular complexity index is 1010. The third-order valence-electron chi connectivity index (χ3n) is 4.73. The van der Waals surface area contributed by atoms with Crippen LogP contribution in [0.5, 0.6) is 0 Å². The van der Waals surface area contributed by atoms with Crippen molar-refractivity contribution in [3.63, 3.8) is 0 Å². The minimum absolute atomic E-state index is 0.118. The molecule has 0 unspecified atom stereocenters. The fourth-order valence-corrected chi connectivity index (χ4v) is 4.97. The number of fused-ring (bicyclic) bond motifs is 3. The van der Waals surface area contributed by atoms with Crippen LogP contribution >= 0.6 is 15.9 Å². The molecule has 0 saturated heterocycles. The van der Waals surface area contributed by atoms with Crippen LogP contribution in [0.2, 0.25) is 0 Å². The average molecular weight is 429 g/mol. The third-order valence-corrected chi connectivity index (χ3v) is 6.67. The number of halogens is 1. The Hall–Kier alpha value is -1.95. The Kier molecular flexibility index (Phi) is 4.47. The van der Waals surface area contributed by atoms with Crippen molar-refractivity contribution < 1.29 is 12.6 Å². The molecular weight excluding hydrogens is 412 g/mol. The molecule has 26 heavy (non-hydrogen) atoms. The van der Waals surface area contributed by atoms with Crippen LogP contribution in [0, 0.1) is 0 Å². The molecular formula is C21H17BrO3S. The standard InChI is InChI=1S/C21H17BrO3S/c1-14(25-26(23,24)16-12-10-15(22)11-13-16)21-19-8-4-2-6-17(19)18-7-3-5-9-20(18)21/h2-14,21H,1H3/t14-/m1/s1. The van der Waals surface area contributed by atoms with Gasteiger partial charge in [-0.2, -0.15) is 8.42 Å². The van der Waals surface area contributed by atoms with E-state index >= 15 is 0 Å². The van der Waals surface area contributed by atoms with Crippen LogP contribution in [0.25, 0.3) is 11.1 Å². The summed E-state index contributed by atoms with van der Waals surface area (Å²) in [5.41, 5.74) is 4.49. The molecule has 1 aliphatic carbocycles. The van der Waals surface area contributed by atoms with Gasteiger partial charge in [-0.25, -0.2) is 0 Å². The van der Waals surface area contributed by atoms with Gasteiger partial charge in [-0.3, -0.25) is 4.18 Å². The fourth-order valence-electron chi connectivity index (χ4n) is 3.61. The minimum atomic E-state index is -3.84. The molecule has 0 aliphatic heterocycles. The van der Waals surface area contributed by atoms with Crippen LogP contribution in [-0.2, 0) is 14.3 Å². The zero-order valence-corrected chi connectivity index (χ0v) is 16.5. The van der Waals surface area contributed by atoms with E-state index in [1.54, 1.807) is 24.3 Å². The molecule has 0 saturated carbocycles. The van der Waals surface area contributed by atoms with Gasteiger partial charge >= 0.3 is 0 Å². The lowest BCUT2D eigenvalue weighted by Gasteiger charge is -2.22. The highest BCUT2D eigenvalue weighted by atomic mass is 79.9. The Morgan fingerprint density at radius 3 is 1.88 bits per heavy atom. The Morgan fingerprint density at radius 1 is 0.846 bits per heavy atom. The summed E-state index contributed by atoms with van der Waals surface area (Å²) >= 11 is 3.32. The van der Waals surface area contributed by atoms with E-state index in [0.29, 0.717) is 0 Å². The average Bonchev–Trinajstić information content (AvgIpc) is 2.96.